The van der Waals surface area contributed by atoms with E-state index in [2.05, 4.69) is 14.7 Å². The average molecular weight is 188 g/mol. The average Bonchev–Trinajstić information content (AvgIpc) is 2.17. The lowest BCUT2D eigenvalue weighted by Crippen LogP contribution is -2.05. The van der Waals surface area contributed by atoms with Crippen molar-refractivity contribution in [2.75, 3.05) is 7.11 Å². The lowest BCUT2D eigenvalue weighted by atomic mass is 10.4. The number of hydrogen-bond acceptors (Lipinski definition) is 4. The minimum atomic E-state index is -2.68. The minimum absolute atomic E-state index is 0.0908. The predicted octanol–water partition coefficient (Wildman–Crippen LogP) is 1.20. The molecule has 70 valence electrons. The van der Waals surface area contributed by atoms with Gasteiger partial charge in [-0.05, 0) is 0 Å². The zero-order valence-electron chi connectivity index (χ0n) is 6.70. The first-order chi connectivity index (χ1) is 6.15. The Labute approximate surface area is 72.6 Å². The van der Waals surface area contributed by atoms with Crippen LogP contribution in [0.3, 0.4) is 0 Å². The summed E-state index contributed by atoms with van der Waals surface area (Å²) in [7, 11) is 1.17. The summed E-state index contributed by atoms with van der Waals surface area (Å²) in [6.45, 7) is 0. The van der Waals surface area contributed by atoms with Gasteiger partial charge in [-0.2, -0.15) is 0 Å². The number of methoxy groups -OCH3 is 1. The number of carbonyl (C=O) groups excluding carboxylic acids is 1. The molecule has 13 heavy (non-hydrogen) atoms. The quantitative estimate of drug-likeness (QED) is 0.654. The lowest BCUT2D eigenvalue weighted by molar-refractivity contribution is 0.0592. The second-order valence-corrected chi connectivity index (χ2v) is 2.12. The third kappa shape index (κ3) is 2.17. The number of ether oxygens (including phenoxy) is 1. The molecule has 0 saturated heterocycles. The van der Waals surface area contributed by atoms with Crippen LogP contribution in [-0.4, -0.2) is 23.0 Å². The van der Waals surface area contributed by atoms with Crippen molar-refractivity contribution < 1.29 is 18.3 Å². The van der Waals surface area contributed by atoms with E-state index >= 15 is 0 Å². The van der Waals surface area contributed by atoms with E-state index in [4.69, 9.17) is 0 Å². The van der Waals surface area contributed by atoms with Crippen molar-refractivity contribution in [1.82, 2.24) is 9.97 Å². The van der Waals surface area contributed by atoms with E-state index in [1.807, 2.05) is 0 Å². The molecule has 1 aromatic rings. The van der Waals surface area contributed by atoms with Gasteiger partial charge in [0.1, 0.15) is 5.69 Å². The Morgan fingerprint density at radius 1 is 1.46 bits per heavy atom. The molecular formula is C7H6F2N2O2. The van der Waals surface area contributed by atoms with Gasteiger partial charge in [-0.1, -0.05) is 0 Å². The van der Waals surface area contributed by atoms with Crippen LogP contribution in [0.2, 0.25) is 0 Å². The summed E-state index contributed by atoms with van der Waals surface area (Å²) >= 11 is 0. The molecule has 6 heteroatoms. The third-order valence-electron chi connectivity index (χ3n) is 1.29. The van der Waals surface area contributed by atoms with Crippen LogP contribution in [0.1, 0.15) is 22.6 Å². The number of esters is 1. The van der Waals surface area contributed by atoms with Gasteiger partial charge in [0.15, 0.2) is 5.69 Å². The van der Waals surface area contributed by atoms with Crippen molar-refractivity contribution in [3.63, 3.8) is 0 Å². The molecule has 0 spiro atoms. The second kappa shape index (κ2) is 3.88. The number of carbonyl (C=O) groups is 1. The summed E-state index contributed by atoms with van der Waals surface area (Å²) in [6.07, 6.45) is -0.885. The second-order valence-electron chi connectivity index (χ2n) is 2.12. The summed E-state index contributed by atoms with van der Waals surface area (Å²) in [5.74, 6) is -0.701. The molecule has 0 amide bonds. The van der Waals surface area contributed by atoms with Crippen LogP contribution >= 0.6 is 0 Å². The first-order valence-electron chi connectivity index (χ1n) is 3.33. The van der Waals surface area contributed by atoms with Crippen molar-refractivity contribution in [2.24, 2.45) is 0 Å². The largest absolute Gasteiger partial charge is 0.464 e. The van der Waals surface area contributed by atoms with Crippen LogP contribution in [0.15, 0.2) is 12.4 Å². The molecule has 0 radical (unpaired) electrons. The monoisotopic (exact) mass is 188 g/mol. The Bertz CT molecular complexity index is 300. The fraction of sp³-hybridized carbons (Fsp3) is 0.286. The van der Waals surface area contributed by atoms with Gasteiger partial charge in [-0.3, -0.25) is 4.98 Å². The molecule has 1 rings (SSSR count). The Kier molecular flexibility index (Phi) is 2.84. The SMILES string of the molecule is COC(=O)c1cnc(C(F)F)cn1. The molecule has 1 heterocycles. The maximum atomic E-state index is 12.0. The highest BCUT2D eigenvalue weighted by atomic mass is 19.3. The molecular weight excluding hydrogens is 182 g/mol. The molecule has 4 nitrogen and oxygen atoms in total. The van der Waals surface area contributed by atoms with Crippen molar-refractivity contribution in [1.29, 1.82) is 0 Å². The molecule has 0 bridgehead atoms. The topological polar surface area (TPSA) is 52.1 Å². The first-order valence-corrected chi connectivity index (χ1v) is 3.33. The smallest absolute Gasteiger partial charge is 0.358 e. The van der Waals surface area contributed by atoms with Gasteiger partial charge in [-0.15, -0.1) is 0 Å². The van der Waals surface area contributed by atoms with Crippen molar-refractivity contribution in [3.8, 4) is 0 Å². The highest BCUT2D eigenvalue weighted by molar-refractivity contribution is 5.86. The molecule has 0 aliphatic rings. The van der Waals surface area contributed by atoms with E-state index in [-0.39, 0.29) is 5.69 Å². The van der Waals surface area contributed by atoms with Gasteiger partial charge in [0, 0.05) is 0 Å². The maximum Gasteiger partial charge on any atom is 0.358 e. The summed E-state index contributed by atoms with van der Waals surface area (Å²) in [6, 6.07) is 0. The molecule has 0 aliphatic carbocycles. The van der Waals surface area contributed by atoms with E-state index in [9.17, 15) is 13.6 Å². The van der Waals surface area contributed by atoms with Crippen LogP contribution < -0.4 is 0 Å². The fourth-order valence-corrected chi connectivity index (χ4v) is 0.661. The van der Waals surface area contributed by atoms with Gasteiger partial charge in [0.05, 0.1) is 19.5 Å². The van der Waals surface area contributed by atoms with Crippen LogP contribution in [0, 0.1) is 0 Å². The van der Waals surface area contributed by atoms with Gasteiger partial charge in [0.2, 0.25) is 0 Å². The minimum Gasteiger partial charge on any atom is -0.464 e. The number of nitrogens with zero attached hydrogens (tertiary/aromatic N) is 2. The van der Waals surface area contributed by atoms with Gasteiger partial charge in [-0.25, -0.2) is 18.6 Å². The highest BCUT2D eigenvalue weighted by Crippen LogP contribution is 2.14. The summed E-state index contributed by atoms with van der Waals surface area (Å²) in [4.78, 5) is 17.6. The fourth-order valence-electron chi connectivity index (χ4n) is 0.661. The molecule has 0 unspecified atom stereocenters. The Morgan fingerprint density at radius 2 is 2.15 bits per heavy atom. The van der Waals surface area contributed by atoms with Crippen molar-refractivity contribution in [2.45, 2.75) is 6.43 Å². The van der Waals surface area contributed by atoms with E-state index in [0.717, 1.165) is 12.4 Å². The molecule has 0 aromatic carbocycles. The molecule has 0 atom stereocenters. The summed E-state index contributed by atoms with van der Waals surface area (Å²) < 4.78 is 28.2. The number of hydrogen-bond donors (Lipinski definition) is 0. The summed E-state index contributed by atoms with van der Waals surface area (Å²) in [5, 5.41) is 0. The Balaban J connectivity index is 2.87. The zero-order valence-corrected chi connectivity index (χ0v) is 6.70. The van der Waals surface area contributed by atoms with Crippen LogP contribution in [-0.2, 0) is 4.74 Å². The molecule has 0 saturated carbocycles. The maximum absolute atomic E-state index is 12.0. The van der Waals surface area contributed by atoms with E-state index in [1.165, 1.54) is 7.11 Å². The van der Waals surface area contributed by atoms with Crippen molar-refractivity contribution >= 4 is 5.97 Å². The predicted molar refractivity (Wildman–Crippen MR) is 38.3 cm³/mol. The highest BCUT2D eigenvalue weighted by Gasteiger charge is 2.12. The first kappa shape index (κ1) is 9.50. The number of aromatic nitrogens is 2. The van der Waals surface area contributed by atoms with E-state index in [1.54, 1.807) is 0 Å². The standard InChI is InChI=1S/C7H6F2N2O2/c1-13-7(12)5-3-10-4(2-11-5)6(8)9/h2-3,6H,1H3. The third-order valence-corrected chi connectivity index (χ3v) is 1.29. The van der Waals surface area contributed by atoms with Gasteiger partial charge in [0.25, 0.3) is 6.43 Å². The van der Waals surface area contributed by atoms with Crippen LogP contribution in [0.4, 0.5) is 8.78 Å². The van der Waals surface area contributed by atoms with Gasteiger partial charge < -0.3 is 4.74 Å². The number of halogens is 2. The Hall–Kier alpha value is -1.59. The van der Waals surface area contributed by atoms with Gasteiger partial charge >= 0.3 is 5.97 Å². The Morgan fingerprint density at radius 3 is 2.54 bits per heavy atom. The normalized spacial score (nSPS) is 10.2. The number of alkyl halides is 2. The van der Waals surface area contributed by atoms with Crippen LogP contribution in [0.5, 0.6) is 0 Å². The molecule has 0 fully saturated rings. The zero-order chi connectivity index (χ0) is 9.84. The van der Waals surface area contributed by atoms with Crippen LogP contribution in [0.25, 0.3) is 0 Å². The summed E-state index contributed by atoms with van der Waals surface area (Å²) in [5.41, 5.74) is -0.556. The lowest BCUT2D eigenvalue weighted by Gasteiger charge is -1.99. The van der Waals surface area contributed by atoms with E-state index < -0.39 is 18.1 Å². The molecule has 0 N–H and O–H groups in total. The molecule has 0 aliphatic heterocycles. The molecule has 1 aromatic heterocycles. The number of rotatable bonds is 2. The van der Waals surface area contributed by atoms with Crippen molar-refractivity contribution in [3.05, 3.63) is 23.8 Å². The van der Waals surface area contributed by atoms with E-state index in [0.29, 0.717) is 0 Å².